The third kappa shape index (κ3) is 5.12. The molecule has 0 aliphatic rings. The molecule has 0 spiro atoms. The van der Waals surface area contributed by atoms with Gasteiger partial charge < -0.3 is 0 Å². The zero-order valence-corrected chi connectivity index (χ0v) is 20.3. The highest BCUT2D eigenvalue weighted by atomic mass is 32.2. The largest absolute Gasteiger partial charge is 0.278 e. The number of thioether (sulfide) groups is 1. The summed E-state index contributed by atoms with van der Waals surface area (Å²) in [6.07, 6.45) is 1.70. The van der Waals surface area contributed by atoms with E-state index in [9.17, 15) is 13.2 Å². The molecule has 170 valence electrons. The summed E-state index contributed by atoms with van der Waals surface area (Å²) < 4.78 is 30.1. The molecule has 0 saturated carbocycles. The number of para-hydroxylation sites is 1. The highest BCUT2D eigenvalue weighted by Crippen LogP contribution is 2.31. The molecule has 6 nitrogen and oxygen atoms in total. The summed E-state index contributed by atoms with van der Waals surface area (Å²) in [5.74, 6) is 0.759. The average molecular weight is 480 g/mol. The molecule has 33 heavy (non-hydrogen) atoms. The molecule has 0 saturated heterocycles. The molecular weight excluding hydrogens is 454 g/mol. The van der Waals surface area contributed by atoms with Gasteiger partial charge in [-0.05, 0) is 54.3 Å². The smallest absolute Gasteiger partial charge is 0.261 e. The number of nitrogens with one attached hydrogen (secondary N) is 1. The predicted molar refractivity (Wildman–Crippen MR) is 134 cm³/mol. The van der Waals surface area contributed by atoms with Gasteiger partial charge in [0, 0.05) is 22.9 Å². The number of rotatable bonds is 7. The first-order chi connectivity index (χ1) is 15.7. The Labute approximate surface area is 197 Å². The summed E-state index contributed by atoms with van der Waals surface area (Å²) >= 11 is 1.43. The standard InChI is InChI=1S/C25H25N3O3S2/c1-17(2)19-10-12-21(13-11-19)33(30,31)27-22-8-4-5-9-23(22)32-16-20-15-24(29)28-14-6-7-18(3)25(28)26-20/h4-15,17,27H,16H2,1-3H3. The number of nitrogens with zero attached hydrogens (tertiary/aromatic N) is 2. The third-order valence-electron chi connectivity index (χ3n) is 5.30. The molecule has 0 atom stereocenters. The molecule has 0 unspecified atom stereocenters. The molecule has 2 aromatic heterocycles. The second-order valence-electron chi connectivity index (χ2n) is 8.08. The fourth-order valence-corrected chi connectivity index (χ4v) is 5.49. The van der Waals surface area contributed by atoms with Gasteiger partial charge in [0.15, 0.2) is 0 Å². The lowest BCUT2D eigenvalue weighted by molar-refractivity contribution is 0.601. The number of anilines is 1. The summed E-state index contributed by atoms with van der Waals surface area (Å²) in [4.78, 5) is 18.1. The van der Waals surface area contributed by atoms with Crippen LogP contribution in [0.1, 0.15) is 36.6 Å². The third-order valence-corrected chi connectivity index (χ3v) is 7.79. The Balaban J connectivity index is 1.56. The number of aromatic nitrogens is 2. The van der Waals surface area contributed by atoms with E-state index >= 15 is 0 Å². The van der Waals surface area contributed by atoms with Crippen LogP contribution in [-0.4, -0.2) is 17.8 Å². The summed E-state index contributed by atoms with van der Waals surface area (Å²) in [6.45, 7) is 6.04. The van der Waals surface area contributed by atoms with Crippen molar-refractivity contribution in [2.45, 2.75) is 42.2 Å². The van der Waals surface area contributed by atoms with Crippen molar-refractivity contribution in [1.82, 2.24) is 9.38 Å². The van der Waals surface area contributed by atoms with Gasteiger partial charge in [-0.15, -0.1) is 11.8 Å². The summed E-state index contributed by atoms with van der Waals surface area (Å²) in [5, 5.41) is 0. The Morgan fingerprint density at radius 1 is 1.03 bits per heavy atom. The number of aryl methyl sites for hydroxylation is 1. The quantitative estimate of drug-likeness (QED) is 0.368. The van der Waals surface area contributed by atoms with Gasteiger partial charge in [0.1, 0.15) is 5.65 Å². The Kier molecular flexibility index (Phi) is 6.58. The van der Waals surface area contributed by atoms with E-state index in [1.54, 1.807) is 30.5 Å². The van der Waals surface area contributed by atoms with Crippen molar-refractivity contribution >= 4 is 33.1 Å². The first kappa shape index (κ1) is 23.1. The maximum Gasteiger partial charge on any atom is 0.261 e. The molecule has 2 aromatic carbocycles. The van der Waals surface area contributed by atoms with Crippen molar-refractivity contribution < 1.29 is 8.42 Å². The Bertz CT molecular complexity index is 1460. The zero-order valence-electron chi connectivity index (χ0n) is 18.6. The van der Waals surface area contributed by atoms with Crippen molar-refractivity contribution in [2.24, 2.45) is 0 Å². The SMILES string of the molecule is Cc1cccn2c(=O)cc(CSc3ccccc3NS(=O)(=O)c3ccc(C(C)C)cc3)nc12. The minimum absolute atomic E-state index is 0.141. The Morgan fingerprint density at radius 3 is 2.48 bits per heavy atom. The van der Waals surface area contributed by atoms with Crippen molar-refractivity contribution in [3.8, 4) is 0 Å². The number of hydrogen-bond acceptors (Lipinski definition) is 5. The molecule has 2 heterocycles. The zero-order chi connectivity index (χ0) is 23.6. The van der Waals surface area contributed by atoms with Gasteiger partial charge in [-0.1, -0.05) is 44.2 Å². The molecule has 8 heteroatoms. The number of sulfonamides is 1. The molecule has 4 aromatic rings. The van der Waals surface area contributed by atoms with E-state index in [0.717, 1.165) is 16.0 Å². The monoisotopic (exact) mass is 479 g/mol. The van der Waals surface area contributed by atoms with Gasteiger partial charge in [0.05, 0.1) is 16.3 Å². The lowest BCUT2D eigenvalue weighted by Crippen LogP contribution is -2.16. The molecule has 1 N–H and O–H groups in total. The average Bonchev–Trinajstić information content (AvgIpc) is 2.79. The first-order valence-corrected chi connectivity index (χ1v) is 13.0. The van der Waals surface area contributed by atoms with Crippen molar-refractivity contribution in [2.75, 3.05) is 4.72 Å². The van der Waals surface area contributed by atoms with Crippen LogP contribution in [0, 0.1) is 6.92 Å². The summed E-state index contributed by atoms with van der Waals surface area (Å²) in [7, 11) is -3.73. The van der Waals surface area contributed by atoms with E-state index in [4.69, 9.17) is 0 Å². The van der Waals surface area contributed by atoms with E-state index < -0.39 is 10.0 Å². The molecule has 0 radical (unpaired) electrons. The fourth-order valence-electron chi connectivity index (χ4n) is 3.45. The van der Waals surface area contributed by atoms with Crippen molar-refractivity contribution in [3.05, 3.63) is 100 Å². The molecule has 0 aliphatic heterocycles. The molecule has 0 fully saturated rings. The molecule has 0 amide bonds. The van der Waals surface area contributed by atoms with Gasteiger partial charge in [-0.2, -0.15) is 0 Å². The Hall–Kier alpha value is -3.10. The van der Waals surface area contributed by atoms with Crippen molar-refractivity contribution in [1.29, 1.82) is 0 Å². The number of hydrogen-bond donors (Lipinski definition) is 1. The molecular formula is C25H25N3O3S2. The van der Waals surface area contributed by atoms with Gasteiger partial charge in [0.2, 0.25) is 0 Å². The van der Waals surface area contributed by atoms with Crippen LogP contribution in [0.15, 0.2) is 87.5 Å². The number of pyridine rings is 1. The van der Waals surface area contributed by atoms with Crippen molar-refractivity contribution in [3.63, 3.8) is 0 Å². The van der Waals surface area contributed by atoms with Crippen LogP contribution in [-0.2, 0) is 15.8 Å². The van der Waals surface area contributed by atoms with E-state index in [1.165, 1.54) is 22.2 Å². The van der Waals surface area contributed by atoms with Crippen LogP contribution < -0.4 is 10.3 Å². The second kappa shape index (κ2) is 9.41. The van der Waals surface area contributed by atoms with Crippen LogP contribution in [0.5, 0.6) is 0 Å². The van der Waals surface area contributed by atoms with Crippen LogP contribution in [0.2, 0.25) is 0 Å². The van der Waals surface area contributed by atoms with Gasteiger partial charge in [-0.3, -0.25) is 13.9 Å². The Morgan fingerprint density at radius 2 is 1.76 bits per heavy atom. The van der Waals surface area contributed by atoms with Gasteiger partial charge in [-0.25, -0.2) is 13.4 Å². The molecule has 0 aliphatic carbocycles. The molecule has 4 rings (SSSR count). The van der Waals surface area contributed by atoms with Crippen LogP contribution in [0.25, 0.3) is 5.65 Å². The number of fused-ring (bicyclic) bond motifs is 1. The van der Waals surface area contributed by atoms with E-state index in [1.807, 2.05) is 43.3 Å². The minimum atomic E-state index is -3.73. The summed E-state index contributed by atoms with van der Waals surface area (Å²) in [6, 6.07) is 19.4. The maximum atomic E-state index is 13.0. The summed E-state index contributed by atoms with van der Waals surface area (Å²) in [5.41, 5.74) is 3.61. The van der Waals surface area contributed by atoms with E-state index in [-0.39, 0.29) is 10.5 Å². The fraction of sp³-hybridized carbons (Fsp3) is 0.200. The normalized spacial score (nSPS) is 11.8. The second-order valence-corrected chi connectivity index (χ2v) is 10.8. The molecule has 0 bridgehead atoms. The van der Waals surface area contributed by atoms with E-state index in [0.29, 0.717) is 28.7 Å². The first-order valence-electron chi connectivity index (χ1n) is 10.6. The van der Waals surface area contributed by atoms with Gasteiger partial charge in [0.25, 0.3) is 15.6 Å². The van der Waals surface area contributed by atoms with Crippen LogP contribution in [0.4, 0.5) is 5.69 Å². The lowest BCUT2D eigenvalue weighted by Gasteiger charge is -2.13. The predicted octanol–water partition coefficient (Wildman–Crippen LogP) is 5.22. The topological polar surface area (TPSA) is 80.5 Å². The van der Waals surface area contributed by atoms with E-state index in [2.05, 4.69) is 23.6 Å². The highest BCUT2D eigenvalue weighted by Gasteiger charge is 2.17. The minimum Gasteiger partial charge on any atom is -0.278 e. The van der Waals surface area contributed by atoms with Crippen LogP contribution in [0.3, 0.4) is 0 Å². The van der Waals surface area contributed by atoms with Gasteiger partial charge >= 0.3 is 0 Å². The highest BCUT2D eigenvalue weighted by molar-refractivity contribution is 7.98. The maximum absolute atomic E-state index is 13.0. The lowest BCUT2D eigenvalue weighted by atomic mass is 10.0. The number of benzene rings is 2. The van der Waals surface area contributed by atoms with Crippen LogP contribution >= 0.6 is 11.8 Å².